The molecule has 0 bridgehead atoms. The minimum Gasteiger partial charge on any atom is -0.465 e. The normalized spacial score (nSPS) is 11.5. The standard InChI is InChI=1S/C28H47NO8S2.C11H18N2O2.C8H14O3S/c1-8-34-25(31)22(4)19-38-15-13-36-24(30)11-10-12-28(6,7)17-21(3)18-29-27(33)37-14-16-39-20-23(5)26(32)35-9-2;1-10(7-13-9-14)6-11(2,3)4-5-15-8-12;1-3-11-8(10)7(2)6-12-5-4-9/h21H,4-5,8-20H2,1-3,6-7H3,(H,29,33);10H,4-7H2,1-3H3;9H,2-6H2,1H3. The number of alkyl carbamates (subject to hydrolysis) is 1. The number of carbonyl (C=O) groups excluding carboxylic acids is 6. The minimum atomic E-state index is -0.462. The molecule has 19 heteroatoms. The predicted octanol–water partition coefficient (Wildman–Crippen LogP) is 8.28. The fourth-order valence-electron chi connectivity index (χ4n) is 5.82. The number of hydrogen-bond acceptors (Lipinski definition) is 18. The molecule has 0 aliphatic carbocycles. The smallest absolute Gasteiger partial charge is 0.407 e. The number of nitrogens with zero attached hydrogens (tertiary/aromatic N) is 2. The molecular weight excluding hydrogens is 911 g/mol. The van der Waals surface area contributed by atoms with E-state index in [4.69, 9.17) is 34.1 Å². The van der Waals surface area contributed by atoms with E-state index in [0.717, 1.165) is 32.1 Å². The maximum absolute atomic E-state index is 12.0. The Kier molecular flexibility index (Phi) is 42.6. The number of amides is 1. The van der Waals surface area contributed by atoms with Crippen molar-refractivity contribution in [2.45, 2.75) is 101 Å². The molecule has 0 aromatic carbocycles. The van der Waals surface area contributed by atoms with Crippen LogP contribution < -0.4 is 5.32 Å². The van der Waals surface area contributed by atoms with E-state index in [1.807, 2.05) is 6.92 Å². The SMILES string of the molecule is C=C(CSCCO)C(=O)OCC.C=C(CSCCOC(=O)CCCC(C)(C)CC(C)CNC(=O)OCCSCC(=C)C(=O)OCC)C(=O)OCC.CC(CN=C=O)CC(C)(C)CCOC#N. The highest BCUT2D eigenvalue weighted by Crippen LogP contribution is 2.31. The van der Waals surface area contributed by atoms with Crippen molar-refractivity contribution in [1.29, 1.82) is 5.26 Å². The molecule has 0 aromatic heterocycles. The molecule has 0 fully saturated rings. The lowest BCUT2D eigenvalue weighted by molar-refractivity contribution is -0.143. The zero-order chi connectivity index (χ0) is 50.8. The molecular formula is C47H79N3O13S3. The molecule has 0 radical (unpaired) electrons. The molecule has 0 aromatic rings. The Morgan fingerprint density at radius 3 is 1.61 bits per heavy atom. The second-order valence-electron chi connectivity index (χ2n) is 16.5. The average Bonchev–Trinajstić information content (AvgIpc) is 3.24. The molecule has 0 spiro atoms. The van der Waals surface area contributed by atoms with Crippen LogP contribution >= 0.6 is 35.3 Å². The predicted molar refractivity (Wildman–Crippen MR) is 265 cm³/mol. The maximum atomic E-state index is 12.0. The summed E-state index contributed by atoms with van der Waals surface area (Å²) in [4.78, 5) is 71.4. The molecule has 0 aliphatic heterocycles. The average molecular weight is 990 g/mol. The van der Waals surface area contributed by atoms with Crippen molar-refractivity contribution >= 4 is 71.3 Å². The lowest BCUT2D eigenvalue weighted by atomic mass is 9.79. The number of hydrogen-bond donors (Lipinski definition) is 2. The molecule has 2 atom stereocenters. The van der Waals surface area contributed by atoms with E-state index in [2.05, 4.69) is 69.4 Å². The Bertz CT molecular complexity index is 1530. The summed E-state index contributed by atoms with van der Waals surface area (Å²) in [6, 6.07) is 0. The van der Waals surface area contributed by atoms with Crippen molar-refractivity contribution in [3.05, 3.63) is 36.5 Å². The van der Waals surface area contributed by atoms with Gasteiger partial charge in [0.2, 0.25) is 6.08 Å². The summed E-state index contributed by atoms with van der Waals surface area (Å²) in [5.74, 6) is 2.40. The molecule has 66 heavy (non-hydrogen) atoms. The van der Waals surface area contributed by atoms with Crippen LogP contribution in [0.15, 0.2) is 41.4 Å². The zero-order valence-electron chi connectivity index (χ0n) is 41.1. The van der Waals surface area contributed by atoms with Crippen molar-refractivity contribution in [2.75, 3.05) is 93.9 Å². The Morgan fingerprint density at radius 1 is 0.697 bits per heavy atom. The van der Waals surface area contributed by atoms with Gasteiger partial charge < -0.3 is 38.8 Å². The number of nitriles is 1. The maximum Gasteiger partial charge on any atom is 0.407 e. The molecule has 16 nitrogen and oxygen atoms in total. The third kappa shape index (κ3) is 42.7. The van der Waals surface area contributed by atoms with Crippen LogP contribution in [0.2, 0.25) is 0 Å². The van der Waals surface area contributed by atoms with Gasteiger partial charge in [-0.2, -0.15) is 40.5 Å². The van der Waals surface area contributed by atoms with Gasteiger partial charge in [-0.05, 0) is 75.5 Å². The van der Waals surface area contributed by atoms with Crippen LogP contribution in [0.5, 0.6) is 0 Å². The molecule has 0 heterocycles. The molecule has 0 rings (SSSR count). The van der Waals surface area contributed by atoms with Gasteiger partial charge in [0, 0.05) is 64.2 Å². The van der Waals surface area contributed by atoms with Crippen molar-refractivity contribution in [3.63, 3.8) is 0 Å². The van der Waals surface area contributed by atoms with Gasteiger partial charge in [-0.25, -0.2) is 29.0 Å². The number of isocyanates is 1. The van der Waals surface area contributed by atoms with Crippen LogP contribution in [0.1, 0.15) is 101 Å². The fraction of sp³-hybridized carbons (Fsp3) is 0.723. The number of aliphatic hydroxyl groups excluding tert-OH is 1. The Labute approximate surface area is 407 Å². The quantitative estimate of drug-likeness (QED) is 0.0116. The fourth-order valence-corrected chi connectivity index (χ4v) is 7.88. The Hall–Kier alpha value is -3.95. The summed E-state index contributed by atoms with van der Waals surface area (Å²) < 4.78 is 29.6. The van der Waals surface area contributed by atoms with Crippen molar-refractivity contribution < 1.29 is 62.3 Å². The van der Waals surface area contributed by atoms with Gasteiger partial charge in [-0.3, -0.25) is 4.79 Å². The second-order valence-corrected chi connectivity index (χ2v) is 19.8. The number of ether oxygens (including phenoxy) is 6. The van der Waals surface area contributed by atoms with Gasteiger partial charge in [0.05, 0.1) is 33.0 Å². The first-order chi connectivity index (χ1) is 31.1. The molecule has 2 N–H and O–H groups in total. The lowest BCUT2D eigenvalue weighted by Gasteiger charge is -2.28. The number of aliphatic imine (C=N–C) groups is 1. The number of rotatable bonds is 35. The molecule has 0 aliphatic rings. The lowest BCUT2D eigenvalue weighted by Crippen LogP contribution is -2.31. The first-order valence-electron chi connectivity index (χ1n) is 22.1. The highest BCUT2D eigenvalue weighted by molar-refractivity contribution is 7.99. The third-order valence-corrected chi connectivity index (χ3v) is 11.8. The molecule has 0 saturated heterocycles. The summed E-state index contributed by atoms with van der Waals surface area (Å²) >= 11 is 4.39. The largest absolute Gasteiger partial charge is 0.465 e. The van der Waals surface area contributed by atoms with Gasteiger partial charge in [-0.15, -0.1) is 0 Å². The summed E-state index contributed by atoms with van der Waals surface area (Å²) in [6.45, 7) is 32.0. The number of aliphatic hydroxyl groups is 1. The van der Waals surface area contributed by atoms with Gasteiger partial charge in [0.15, 0.2) is 0 Å². The van der Waals surface area contributed by atoms with Crippen molar-refractivity contribution in [3.8, 4) is 6.26 Å². The van der Waals surface area contributed by atoms with Crippen LogP contribution in [0.3, 0.4) is 0 Å². The summed E-state index contributed by atoms with van der Waals surface area (Å²) in [5.41, 5.74) is 1.36. The van der Waals surface area contributed by atoms with E-state index in [1.165, 1.54) is 35.3 Å². The van der Waals surface area contributed by atoms with E-state index in [0.29, 0.717) is 110 Å². The van der Waals surface area contributed by atoms with E-state index < -0.39 is 18.0 Å². The van der Waals surface area contributed by atoms with Crippen LogP contribution in [-0.2, 0) is 52.4 Å². The monoisotopic (exact) mass is 989 g/mol. The zero-order valence-corrected chi connectivity index (χ0v) is 43.5. The van der Waals surface area contributed by atoms with Crippen LogP contribution in [0.25, 0.3) is 0 Å². The highest BCUT2D eigenvalue weighted by Gasteiger charge is 2.23. The number of carbonyl (C=O) groups is 5. The van der Waals surface area contributed by atoms with Crippen LogP contribution in [-0.4, -0.2) is 135 Å². The van der Waals surface area contributed by atoms with E-state index >= 15 is 0 Å². The number of thioether (sulfide) groups is 3. The van der Waals surface area contributed by atoms with Gasteiger partial charge in [0.25, 0.3) is 6.26 Å². The summed E-state index contributed by atoms with van der Waals surface area (Å²) in [7, 11) is 0. The van der Waals surface area contributed by atoms with E-state index in [-0.39, 0.29) is 41.9 Å². The molecule has 2 unspecified atom stereocenters. The van der Waals surface area contributed by atoms with E-state index in [9.17, 15) is 28.8 Å². The first-order valence-corrected chi connectivity index (χ1v) is 25.6. The Balaban J connectivity index is -0.00000119. The van der Waals surface area contributed by atoms with Crippen LogP contribution in [0, 0.1) is 34.2 Å². The topological polar surface area (TPSA) is 226 Å². The summed E-state index contributed by atoms with van der Waals surface area (Å²) in [6.07, 6.45) is 7.34. The Morgan fingerprint density at radius 2 is 1.15 bits per heavy atom. The highest BCUT2D eigenvalue weighted by atomic mass is 32.2. The summed E-state index contributed by atoms with van der Waals surface area (Å²) in [5, 5.41) is 19.5. The van der Waals surface area contributed by atoms with E-state index in [1.54, 1.807) is 33.1 Å². The first kappa shape index (κ1) is 66.3. The van der Waals surface area contributed by atoms with Gasteiger partial charge in [0.1, 0.15) is 19.8 Å². The number of nitrogens with one attached hydrogen (secondary N) is 1. The molecule has 1 amide bonds. The third-order valence-electron chi connectivity index (χ3n) is 8.75. The van der Waals surface area contributed by atoms with Gasteiger partial charge >= 0.3 is 30.0 Å². The van der Waals surface area contributed by atoms with Crippen molar-refractivity contribution in [1.82, 2.24) is 5.32 Å². The van der Waals surface area contributed by atoms with Gasteiger partial charge in [-0.1, -0.05) is 61.3 Å². The second kappa shape index (κ2) is 42.4. The van der Waals surface area contributed by atoms with Crippen molar-refractivity contribution in [2.24, 2.45) is 27.7 Å². The number of esters is 4. The van der Waals surface area contributed by atoms with Crippen LogP contribution in [0.4, 0.5) is 4.79 Å². The molecule has 378 valence electrons. The minimum absolute atomic E-state index is 0.00650. The molecule has 0 saturated carbocycles.